The smallest absolute Gasteiger partial charge is 0.232 e. The molecule has 1 aliphatic carbocycles. The van der Waals surface area contributed by atoms with Gasteiger partial charge in [-0.1, -0.05) is 78.3 Å². The first kappa shape index (κ1) is 26.9. The third-order valence-corrected chi connectivity index (χ3v) is 8.27. The van der Waals surface area contributed by atoms with Gasteiger partial charge in [0.05, 0.1) is 23.8 Å². The van der Waals surface area contributed by atoms with Gasteiger partial charge in [-0.3, -0.25) is 14.5 Å². The van der Waals surface area contributed by atoms with Crippen LogP contribution in [0.15, 0.2) is 114 Å². The maximum Gasteiger partial charge on any atom is 0.232 e. The summed E-state index contributed by atoms with van der Waals surface area (Å²) in [6.07, 6.45) is 1.25. The summed E-state index contributed by atoms with van der Waals surface area (Å²) < 4.78 is 0. The van der Waals surface area contributed by atoms with Crippen molar-refractivity contribution in [2.75, 3.05) is 29.2 Å². The average molecular weight is 562 g/mol. The lowest BCUT2D eigenvalue weighted by Gasteiger charge is -2.35. The topological polar surface area (TPSA) is 52.7 Å². The van der Waals surface area contributed by atoms with Crippen LogP contribution in [-0.2, 0) is 16.0 Å². The van der Waals surface area contributed by atoms with Crippen molar-refractivity contribution in [3.05, 3.63) is 136 Å². The van der Waals surface area contributed by atoms with Gasteiger partial charge in [-0.2, -0.15) is 0 Å². The molecular formula is C35H32ClN3O2. The summed E-state index contributed by atoms with van der Waals surface area (Å²) in [5.74, 6) is 0.000676. The number of rotatable bonds is 5. The van der Waals surface area contributed by atoms with Crippen LogP contribution in [-0.4, -0.2) is 25.8 Å². The molecule has 4 aromatic rings. The number of ketones is 1. The van der Waals surface area contributed by atoms with Crippen LogP contribution in [0.2, 0.25) is 5.02 Å². The number of hydrogen-bond acceptors (Lipinski definition) is 4. The zero-order valence-electron chi connectivity index (χ0n) is 23.2. The number of nitrogens with one attached hydrogen (secondary N) is 1. The molecule has 0 saturated carbocycles. The maximum absolute atomic E-state index is 14.3. The second-order valence-corrected chi connectivity index (χ2v) is 11.4. The van der Waals surface area contributed by atoms with E-state index in [1.54, 1.807) is 0 Å². The molecule has 5 nitrogen and oxygen atoms in total. The number of Topliss-reactive ketones (excluding diaryl/α,β-unsaturated/α-hetero) is 1. The Labute approximate surface area is 246 Å². The molecule has 1 heterocycles. The number of fused-ring (bicyclic) bond motifs is 1. The average Bonchev–Trinajstić information content (AvgIpc) is 3.13. The summed E-state index contributed by atoms with van der Waals surface area (Å²) in [7, 11) is 4.00. The minimum atomic E-state index is -0.563. The van der Waals surface area contributed by atoms with Gasteiger partial charge in [0.25, 0.3) is 0 Å². The first-order valence-corrected chi connectivity index (χ1v) is 14.3. The molecule has 4 aromatic carbocycles. The molecule has 0 saturated heterocycles. The highest BCUT2D eigenvalue weighted by molar-refractivity contribution is 6.30. The molecule has 2 aliphatic rings. The van der Waals surface area contributed by atoms with Gasteiger partial charge in [-0.05, 0) is 65.4 Å². The molecule has 0 aromatic heterocycles. The van der Waals surface area contributed by atoms with Gasteiger partial charge >= 0.3 is 0 Å². The van der Waals surface area contributed by atoms with E-state index < -0.39 is 6.04 Å². The summed E-state index contributed by atoms with van der Waals surface area (Å²) in [5.41, 5.74) is 7.07. The van der Waals surface area contributed by atoms with Gasteiger partial charge in [0.15, 0.2) is 5.78 Å². The molecule has 0 fully saturated rings. The number of carbonyl (C=O) groups is 2. The number of para-hydroxylation sites is 2. The van der Waals surface area contributed by atoms with Gasteiger partial charge in [-0.25, -0.2) is 0 Å². The van der Waals surface area contributed by atoms with E-state index in [9.17, 15) is 9.59 Å². The van der Waals surface area contributed by atoms with E-state index in [1.807, 2.05) is 127 Å². The van der Waals surface area contributed by atoms with E-state index in [2.05, 4.69) is 5.32 Å². The zero-order chi connectivity index (χ0) is 28.5. The van der Waals surface area contributed by atoms with Crippen LogP contribution in [0.1, 0.15) is 41.5 Å². The Balaban J connectivity index is 1.51. The number of anilines is 3. The lowest BCUT2D eigenvalue weighted by atomic mass is 9.78. The Kier molecular flexibility index (Phi) is 7.38. The molecule has 2 atom stereocenters. The number of carbonyl (C=O) groups excluding carboxylic acids is 2. The predicted molar refractivity (Wildman–Crippen MR) is 167 cm³/mol. The fourth-order valence-corrected chi connectivity index (χ4v) is 6.09. The number of hydrogen-bond donors (Lipinski definition) is 1. The fraction of sp³-hybridized carbons (Fsp3) is 0.200. The summed E-state index contributed by atoms with van der Waals surface area (Å²) in [4.78, 5) is 32.4. The molecule has 0 radical (unpaired) electrons. The number of benzene rings is 4. The van der Waals surface area contributed by atoms with Crippen LogP contribution in [0.5, 0.6) is 0 Å². The van der Waals surface area contributed by atoms with Crippen LogP contribution in [0.4, 0.5) is 17.1 Å². The standard InChI is InChI=1S/C35H32ClN3O2/c1-38(2)28-18-14-25(15-19-28)35-34-30(21-26(22-32(34)40)24-12-16-27(36)17-13-24)37-29-10-6-7-11-31(29)39(35)33(41)20-23-8-4-3-5-9-23/h3-19,26,35,37H,20-22H2,1-2H3/t26-,35+/m0/s1. The van der Waals surface area contributed by atoms with Crippen LogP contribution >= 0.6 is 11.6 Å². The van der Waals surface area contributed by atoms with Gasteiger partial charge in [0, 0.05) is 42.5 Å². The van der Waals surface area contributed by atoms with Gasteiger partial charge < -0.3 is 10.2 Å². The molecule has 1 N–H and O–H groups in total. The normalized spacial score (nSPS) is 18.2. The predicted octanol–water partition coefficient (Wildman–Crippen LogP) is 7.55. The number of amides is 1. The molecule has 0 unspecified atom stereocenters. The van der Waals surface area contributed by atoms with E-state index in [0.29, 0.717) is 23.4 Å². The Morgan fingerprint density at radius 2 is 1.51 bits per heavy atom. The largest absolute Gasteiger partial charge is 0.378 e. The lowest BCUT2D eigenvalue weighted by molar-refractivity contribution is -0.118. The molecule has 6 heteroatoms. The Morgan fingerprint density at radius 3 is 2.22 bits per heavy atom. The fourth-order valence-electron chi connectivity index (χ4n) is 5.96. The quantitative estimate of drug-likeness (QED) is 0.273. The van der Waals surface area contributed by atoms with Crippen molar-refractivity contribution in [3.63, 3.8) is 0 Å². The van der Waals surface area contributed by atoms with Crippen molar-refractivity contribution in [2.45, 2.75) is 31.2 Å². The molecule has 1 aliphatic heterocycles. The SMILES string of the molecule is CN(C)c1ccc([C@@H]2C3=C(C[C@H](c4ccc(Cl)cc4)CC3=O)Nc3ccccc3N2C(=O)Cc2ccccc2)cc1. The highest BCUT2D eigenvalue weighted by atomic mass is 35.5. The van der Waals surface area contributed by atoms with Crippen LogP contribution < -0.4 is 15.1 Å². The van der Waals surface area contributed by atoms with Gasteiger partial charge in [-0.15, -0.1) is 0 Å². The van der Waals surface area contributed by atoms with Crippen molar-refractivity contribution < 1.29 is 9.59 Å². The number of allylic oxidation sites excluding steroid dienone is 1. The van der Waals surface area contributed by atoms with Crippen LogP contribution in [0, 0.1) is 0 Å². The Hall–Kier alpha value is -4.35. The van der Waals surface area contributed by atoms with E-state index in [4.69, 9.17) is 11.6 Å². The summed E-state index contributed by atoms with van der Waals surface area (Å²) >= 11 is 6.16. The minimum absolute atomic E-state index is 0.0153. The molecule has 0 spiro atoms. The summed E-state index contributed by atoms with van der Waals surface area (Å²) in [6, 6.07) is 33.0. The molecule has 0 bridgehead atoms. The van der Waals surface area contributed by atoms with Gasteiger partial charge in [0.1, 0.15) is 0 Å². The highest BCUT2D eigenvalue weighted by Gasteiger charge is 2.41. The molecule has 41 heavy (non-hydrogen) atoms. The van der Waals surface area contributed by atoms with E-state index in [0.717, 1.165) is 39.4 Å². The van der Waals surface area contributed by atoms with Crippen molar-refractivity contribution in [2.24, 2.45) is 0 Å². The molecule has 1 amide bonds. The molecular weight excluding hydrogens is 530 g/mol. The second kappa shape index (κ2) is 11.3. The molecule has 6 rings (SSSR count). The Bertz CT molecular complexity index is 1610. The first-order chi connectivity index (χ1) is 19.9. The number of halogens is 1. The summed E-state index contributed by atoms with van der Waals surface area (Å²) in [5, 5.41) is 4.28. The third-order valence-electron chi connectivity index (χ3n) is 8.02. The zero-order valence-corrected chi connectivity index (χ0v) is 23.9. The maximum atomic E-state index is 14.3. The highest BCUT2D eigenvalue weighted by Crippen LogP contribution is 2.47. The monoisotopic (exact) mass is 561 g/mol. The van der Waals surface area contributed by atoms with Crippen molar-refractivity contribution in [3.8, 4) is 0 Å². The van der Waals surface area contributed by atoms with Gasteiger partial charge in [0.2, 0.25) is 5.91 Å². The van der Waals surface area contributed by atoms with Crippen molar-refractivity contribution in [1.82, 2.24) is 0 Å². The van der Waals surface area contributed by atoms with E-state index >= 15 is 0 Å². The second-order valence-electron chi connectivity index (χ2n) is 10.9. The third kappa shape index (κ3) is 5.38. The summed E-state index contributed by atoms with van der Waals surface area (Å²) in [6.45, 7) is 0. The minimum Gasteiger partial charge on any atom is -0.378 e. The van der Waals surface area contributed by atoms with E-state index in [1.165, 1.54) is 0 Å². The van der Waals surface area contributed by atoms with Crippen LogP contribution in [0.25, 0.3) is 0 Å². The number of nitrogens with zero attached hydrogens (tertiary/aromatic N) is 2. The van der Waals surface area contributed by atoms with Crippen molar-refractivity contribution >= 4 is 40.4 Å². The van der Waals surface area contributed by atoms with E-state index in [-0.39, 0.29) is 24.0 Å². The lowest BCUT2D eigenvalue weighted by Crippen LogP contribution is -2.39. The van der Waals surface area contributed by atoms with Crippen LogP contribution in [0.3, 0.4) is 0 Å². The molecule has 206 valence electrons. The Morgan fingerprint density at radius 1 is 0.854 bits per heavy atom. The first-order valence-electron chi connectivity index (χ1n) is 13.9. The van der Waals surface area contributed by atoms with Crippen molar-refractivity contribution in [1.29, 1.82) is 0 Å².